The van der Waals surface area contributed by atoms with Crippen LogP contribution in [0.25, 0.3) is 0 Å². The van der Waals surface area contributed by atoms with Gasteiger partial charge in [0.1, 0.15) is 13.2 Å². The van der Waals surface area contributed by atoms with E-state index in [1.165, 1.54) is 0 Å². The number of rotatable bonds is 7. The number of carbonyl (C=O) groups excluding carboxylic acids is 1. The normalized spacial score (nSPS) is 11.8. The molecule has 0 saturated heterocycles. The van der Waals surface area contributed by atoms with Gasteiger partial charge in [-0.25, -0.2) is 4.79 Å². The highest BCUT2D eigenvalue weighted by atomic mass is 16.5. The van der Waals surface area contributed by atoms with Crippen molar-refractivity contribution in [2.75, 3.05) is 19.8 Å². The summed E-state index contributed by atoms with van der Waals surface area (Å²) in [5.41, 5.74) is 0.770. The molecular weight excluding hydrogens is 238 g/mol. The molecule has 98 valence electrons. The minimum atomic E-state index is -1.13. The zero-order valence-electron chi connectivity index (χ0n) is 9.70. The molecule has 1 aromatic rings. The summed E-state index contributed by atoms with van der Waals surface area (Å²) in [6.45, 7) is -1.12. The van der Waals surface area contributed by atoms with Gasteiger partial charge in [-0.15, -0.1) is 0 Å². The molecule has 0 aliphatic rings. The van der Waals surface area contributed by atoms with Gasteiger partial charge in [-0.2, -0.15) is 0 Å². The number of carbonyl (C=O) groups is 2. The van der Waals surface area contributed by atoms with Crippen LogP contribution in [0.4, 0.5) is 0 Å². The van der Waals surface area contributed by atoms with Gasteiger partial charge in [-0.3, -0.25) is 4.79 Å². The highest BCUT2D eigenvalue weighted by molar-refractivity contribution is 5.78. The maximum atomic E-state index is 11.4. The van der Waals surface area contributed by atoms with Crippen LogP contribution in [0.5, 0.6) is 0 Å². The number of amides is 1. The summed E-state index contributed by atoms with van der Waals surface area (Å²) in [6.07, 6.45) is 0. The van der Waals surface area contributed by atoms with E-state index in [4.69, 9.17) is 5.11 Å². The first-order valence-electron chi connectivity index (χ1n) is 5.38. The lowest BCUT2D eigenvalue weighted by Gasteiger charge is -2.16. The van der Waals surface area contributed by atoms with E-state index < -0.39 is 24.5 Å². The van der Waals surface area contributed by atoms with Gasteiger partial charge in [0.2, 0.25) is 5.91 Å². The lowest BCUT2D eigenvalue weighted by molar-refractivity contribution is -0.143. The number of aliphatic hydroxyl groups excluding tert-OH is 1. The number of carboxylic acid groups (broad SMARTS) is 1. The molecule has 1 atom stereocenters. The Morgan fingerprint density at radius 1 is 1.22 bits per heavy atom. The number of aliphatic hydroxyl groups is 1. The largest absolute Gasteiger partial charge is 0.480 e. The highest BCUT2D eigenvalue weighted by Gasteiger charge is 2.13. The fraction of sp³-hybridized carbons (Fsp3) is 0.333. The molecule has 3 N–H and O–H groups in total. The predicted octanol–water partition coefficient (Wildman–Crippen LogP) is -0.0626. The van der Waals surface area contributed by atoms with E-state index in [2.05, 4.69) is 10.1 Å². The molecule has 0 radical (unpaired) electrons. The fourth-order valence-electron chi connectivity index (χ4n) is 1.39. The second kappa shape index (κ2) is 7.41. The third-order valence-corrected chi connectivity index (χ3v) is 2.18. The molecule has 0 fully saturated rings. The van der Waals surface area contributed by atoms with Gasteiger partial charge in [-0.1, -0.05) is 30.3 Å². The molecule has 1 aromatic carbocycles. The molecule has 0 unspecified atom stereocenters. The second-order valence-corrected chi connectivity index (χ2v) is 3.60. The van der Waals surface area contributed by atoms with Crippen molar-refractivity contribution in [2.45, 2.75) is 6.04 Å². The van der Waals surface area contributed by atoms with Crippen LogP contribution < -0.4 is 5.32 Å². The van der Waals surface area contributed by atoms with E-state index in [0.717, 1.165) is 5.56 Å². The van der Waals surface area contributed by atoms with Crippen molar-refractivity contribution in [3.63, 3.8) is 0 Å². The van der Waals surface area contributed by atoms with E-state index in [9.17, 15) is 14.7 Å². The quantitative estimate of drug-likeness (QED) is 0.632. The van der Waals surface area contributed by atoms with Gasteiger partial charge in [0.25, 0.3) is 0 Å². The molecule has 0 aliphatic heterocycles. The molecular formula is C12H15NO5. The summed E-state index contributed by atoms with van der Waals surface area (Å²) in [4.78, 5) is 21.6. The molecule has 0 saturated carbocycles. The lowest BCUT2D eigenvalue weighted by Crippen LogP contribution is -2.34. The summed E-state index contributed by atoms with van der Waals surface area (Å²) in [7, 11) is 0. The van der Waals surface area contributed by atoms with Crippen molar-refractivity contribution in [3.8, 4) is 0 Å². The van der Waals surface area contributed by atoms with Crippen molar-refractivity contribution >= 4 is 11.9 Å². The minimum absolute atomic E-state index is 0.241. The zero-order chi connectivity index (χ0) is 13.4. The van der Waals surface area contributed by atoms with E-state index in [-0.39, 0.29) is 13.2 Å². The smallest absolute Gasteiger partial charge is 0.329 e. The minimum Gasteiger partial charge on any atom is -0.480 e. The van der Waals surface area contributed by atoms with E-state index in [1.54, 1.807) is 24.3 Å². The molecule has 0 bridgehead atoms. The van der Waals surface area contributed by atoms with E-state index in [0.29, 0.717) is 0 Å². The van der Waals surface area contributed by atoms with E-state index >= 15 is 0 Å². The first-order valence-corrected chi connectivity index (χ1v) is 5.38. The monoisotopic (exact) mass is 253 g/mol. The molecule has 0 heterocycles. The van der Waals surface area contributed by atoms with Crippen molar-refractivity contribution in [2.24, 2.45) is 0 Å². The summed E-state index contributed by atoms with van der Waals surface area (Å²) in [5, 5.41) is 20.1. The number of aliphatic carboxylic acids is 1. The molecule has 6 nitrogen and oxygen atoms in total. The Labute approximate surface area is 104 Å². The summed E-state index contributed by atoms with van der Waals surface area (Å²) in [6, 6.07) is 8.46. The summed E-state index contributed by atoms with van der Waals surface area (Å²) < 4.78 is 4.64. The first-order chi connectivity index (χ1) is 8.63. The maximum absolute atomic E-state index is 11.4. The Balaban J connectivity index is 2.44. The van der Waals surface area contributed by atoms with Gasteiger partial charge >= 0.3 is 5.97 Å². The van der Waals surface area contributed by atoms with Crippen molar-refractivity contribution < 1.29 is 24.5 Å². The number of carboxylic acids is 1. The van der Waals surface area contributed by atoms with Crippen molar-refractivity contribution in [3.05, 3.63) is 35.9 Å². The van der Waals surface area contributed by atoms with Gasteiger partial charge in [0.15, 0.2) is 0 Å². The fourth-order valence-corrected chi connectivity index (χ4v) is 1.39. The highest BCUT2D eigenvalue weighted by Crippen LogP contribution is 2.11. The predicted molar refractivity (Wildman–Crippen MR) is 62.9 cm³/mol. The van der Waals surface area contributed by atoms with Crippen molar-refractivity contribution in [1.29, 1.82) is 0 Å². The number of hydrogen-bond donors (Lipinski definition) is 3. The van der Waals surface area contributed by atoms with Gasteiger partial charge in [-0.05, 0) is 5.56 Å². The number of benzene rings is 1. The van der Waals surface area contributed by atoms with Crippen LogP contribution in [0.1, 0.15) is 11.6 Å². The molecule has 1 rings (SSSR count). The average molecular weight is 253 g/mol. The Morgan fingerprint density at radius 3 is 2.44 bits per heavy atom. The average Bonchev–Trinajstić information content (AvgIpc) is 2.36. The Hall–Kier alpha value is -1.92. The van der Waals surface area contributed by atoms with Crippen LogP contribution in [0.2, 0.25) is 0 Å². The zero-order valence-corrected chi connectivity index (χ0v) is 9.70. The lowest BCUT2D eigenvalue weighted by atomic mass is 10.1. The van der Waals surface area contributed by atoms with Crippen LogP contribution in [0.15, 0.2) is 30.3 Å². The van der Waals surface area contributed by atoms with Gasteiger partial charge in [0, 0.05) is 0 Å². The van der Waals surface area contributed by atoms with Gasteiger partial charge < -0.3 is 20.3 Å². The van der Waals surface area contributed by atoms with Crippen LogP contribution in [-0.4, -0.2) is 41.9 Å². The molecule has 0 aliphatic carbocycles. The Bertz CT molecular complexity index is 393. The molecule has 18 heavy (non-hydrogen) atoms. The molecule has 0 aromatic heterocycles. The topological polar surface area (TPSA) is 95.9 Å². The third kappa shape index (κ3) is 4.94. The Kier molecular flexibility index (Phi) is 5.83. The first kappa shape index (κ1) is 14.1. The van der Waals surface area contributed by atoms with Gasteiger partial charge in [0.05, 0.1) is 12.6 Å². The van der Waals surface area contributed by atoms with Crippen LogP contribution in [0.3, 0.4) is 0 Å². The Morgan fingerprint density at radius 2 is 1.89 bits per heavy atom. The number of nitrogens with one attached hydrogen (secondary N) is 1. The SMILES string of the molecule is O=C(O)COCC(=O)N[C@H](CO)c1ccccc1. The van der Waals surface area contributed by atoms with E-state index in [1.807, 2.05) is 6.07 Å². The third-order valence-electron chi connectivity index (χ3n) is 2.18. The van der Waals surface area contributed by atoms with Crippen LogP contribution in [0, 0.1) is 0 Å². The molecule has 0 spiro atoms. The second-order valence-electron chi connectivity index (χ2n) is 3.60. The molecule has 1 amide bonds. The van der Waals surface area contributed by atoms with Crippen LogP contribution >= 0.6 is 0 Å². The number of ether oxygens (including phenoxy) is 1. The van der Waals surface area contributed by atoms with Crippen molar-refractivity contribution in [1.82, 2.24) is 5.32 Å². The standard InChI is InChI=1S/C12H15NO5/c14-6-10(9-4-2-1-3-5-9)13-11(15)7-18-8-12(16)17/h1-5,10,14H,6-8H2,(H,13,15)(H,16,17)/t10-/m1/s1. The summed E-state index contributed by atoms with van der Waals surface area (Å²) in [5.74, 6) is -1.61. The van der Waals surface area contributed by atoms with Crippen LogP contribution in [-0.2, 0) is 14.3 Å². The maximum Gasteiger partial charge on any atom is 0.329 e. The molecule has 6 heteroatoms. The number of hydrogen-bond acceptors (Lipinski definition) is 4. The summed E-state index contributed by atoms with van der Waals surface area (Å²) >= 11 is 0.